The standard InChI is InChI=1S/C15H19O2P/c1-4-11-17-14-7-9-15(10-8-14)18(16,12-5-2)13-6-3/h4-10H,1-3,11-13H2. The van der Waals surface area contributed by atoms with Crippen molar-refractivity contribution in [1.82, 2.24) is 0 Å². The van der Waals surface area contributed by atoms with Crippen molar-refractivity contribution in [3.8, 4) is 5.75 Å². The molecular weight excluding hydrogens is 243 g/mol. The fraction of sp³-hybridized carbons (Fsp3) is 0.200. The molecule has 0 aliphatic carbocycles. The van der Waals surface area contributed by atoms with Gasteiger partial charge in [-0.15, -0.1) is 13.2 Å². The highest BCUT2D eigenvalue weighted by molar-refractivity contribution is 7.71. The van der Waals surface area contributed by atoms with E-state index in [1.165, 1.54) is 0 Å². The van der Waals surface area contributed by atoms with Gasteiger partial charge in [0.05, 0.1) is 0 Å². The van der Waals surface area contributed by atoms with Gasteiger partial charge in [-0.25, -0.2) is 0 Å². The number of hydrogen-bond donors (Lipinski definition) is 0. The molecule has 0 bridgehead atoms. The molecule has 0 amide bonds. The fourth-order valence-corrected chi connectivity index (χ4v) is 3.77. The monoisotopic (exact) mass is 262 g/mol. The quantitative estimate of drug-likeness (QED) is 0.528. The number of benzene rings is 1. The molecule has 0 unspecified atom stereocenters. The van der Waals surface area contributed by atoms with Gasteiger partial charge < -0.3 is 9.30 Å². The van der Waals surface area contributed by atoms with Crippen LogP contribution in [0.1, 0.15) is 0 Å². The second-order valence-corrected chi connectivity index (χ2v) is 6.95. The van der Waals surface area contributed by atoms with Gasteiger partial charge in [-0.3, -0.25) is 0 Å². The van der Waals surface area contributed by atoms with Crippen LogP contribution in [-0.2, 0) is 4.57 Å². The minimum atomic E-state index is -2.43. The molecular formula is C15H19O2P. The van der Waals surface area contributed by atoms with Crippen molar-refractivity contribution in [2.75, 3.05) is 18.9 Å². The van der Waals surface area contributed by atoms with Crippen LogP contribution in [0.2, 0.25) is 0 Å². The molecule has 0 radical (unpaired) electrons. The molecule has 0 N–H and O–H groups in total. The van der Waals surface area contributed by atoms with Gasteiger partial charge in [-0.2, -0.15) is 0 Å². The first-order valence-corrected chi connectivity index (χ1v) is 7.88. The summed E-state index contributed by atoms with van der Waals surface area (Å²) in [4.78, 5) is 0. The maximum absolute atomic E-state index is 12.7. The van der Waals surface area contributed by atoms with Crippen LogP contribution in [0.15, 0.2) is 62.2 Å². The van der Waals surface area contributed by atoms with Crippen LogP contribution in [-0.4, -0.2) is 18.9 Å². The zero-order chi connectivity index (χ0) is 13.4. The molecule has 18 heavy (non-hydrogen) atoms. The average molecular weight is 262 g/mol. The molecule has 1 aromatic carbocycles. The molecule has 0 atom stereocenters. The van der Waals surface area contributed by atoms with Crippen LogP contribution in [0.5, 0.6) is 5.75 Å². The third-order valence-corrected chi connectivity index (χ3v) is 5.46. The molecule has 0 saturated carbocycles. The van der Waals surface area contributed by atoms with Gasteiger partial charge >= 0.3 is 0 Å². The van der Waals surface area contributed by atoms with Crippen molar-refractivity contribution in [2.24, 2.45) is 0 Å². The van der Waals surface area contributed by atoms with E-state index in [4.69, 9.17) is 4.74 Å². The zero-order valence-corrected chi connectivity index (χ0v) is 11.4. The van der Waals surface area contributed by atoms with Crippen molar-refractivity contribution in [2.45, 2.75) is 0 Å². The lowest BCUT2D eigenvalue weighted by atomic mass is 10.3. The molecule has 0 heterocycles. The van der Waals surface area contributed by atoms with Crippen molar-refractivity contribution in [3.05, 3.63) is 62.2 Å². The summed E-state index contributed by atoms with van der Waals surface area (Å²) < 4.78 is 18.1. The molecule has 96 valence electrons. The van der Waals surface area contributed by atoms with Crippen LogP contribution in [0, 0.1) is 0 Å². The van der Waals surface area contributed by atoms with Gasteiger partial charge in [-0.05, 0) is 24.3 Å². The van der Waals surface area contributed by atoms with E-state index in [2.05, 4.69) is 19.7 Å². The second-order valence-electron chi connectivity index (χ2n) is 3.93. The number of ether oxygens (including phenoxy) is 1. The lowest BCUT2D eigenvalue weighted by Gasteiger charge is -2.15. The molecule has 3 heteroatoms. The number of rotatable bonds is 8. The lowest BCUT2D eigenvalue weighted by Crippen LogP contribution is -2.09. The SMILES string of the molecule is C=CCOc1ccc(P(=O)(CC=C)CC=C)cc1. The lowest BCUT2D eigenvalue weighted by molar-refractivity contribution is 0.363. The first-order chi connectivity index (χ1) is 8.66. The summed E-state index contributed by atoms with van der Waals surface area (Å²) in [5.41, 5.74) is 0. The van der Waals surface area contributed by atoms with E-state index in [1.54, 1.807) is 18.2 Å². The molecule has 1 rings (SSSR count). The van der Waals surface area contributed by atoms with Crippen LogP contribution in [0.3, 0.4) is 0 Å². The average Bonchev–Trinajstić information content (AvgIpc) is 2.37. The highest BCUT2D eigenvalue weighted by Gasteiger charge is 2.21. The van der Waals surface area contributed by atoms with Gasteiger partial charge in [0.15, 0.2) is 0 Å². The van der Waals surface area contributed by atoms with Crippen molar-refractivity contribution in [3.63, 3.8) is 0 Å². The molecule has 0 aromatic heterocycles. The predicted molar refractivity (Wildman–Crippen MR) is 79.5 cm³/mol. The van der Waals surface area contributed by atoms with E-state index >= 15 is 0 Å². The summed E-state index contributed by atoms with van der Waals surface area (Å²) in [6.45, 7) is 11.4. The smallest absolute Gasteiger partial charge is 0.122 e. The molecule has 0 aliphatic rings. The molecule has 2 nitrogen and oxygen atoms in total. The summed E-state index contributed by atoms with van der Waals surface area (Å²) in [6.07, 6.45) is 6.07. The zero-order valence-electron chi connectivity index (χ0n) is 10.5. The highest BCUT2D eigenvalue weighted by Crippen LogP contribution is 2.44. The van der Waals surface area contributed by atoms with E-state index in [0.29, 0.717) is 18.9 Å². The Bertz CT molecular complexity index is 446. The minimum absolute atomic E-state index is 0.469. The van der Waals surface area contributed by atoms with Crippen molar-refractivity contribution < 1.29 is 9.30 Å². The molecule has 0 saturated heterocycles. The summed E-state index contributed by atoms with van der Waals surface area (Å²) in [5.74, 6) is 0.752. The van der Waals surface area contributed by atoms with E-state index < -0.39 is 7.14 Å². The van der Waals surface area contributed by atoms with Gasteiger partial charge in [0, 0.05) is 17.6 Å². The first kappa shape index (κ1) is 14.5. The van der Waals surface area contributed by atoms with Gasteiger partial charge in [-0.1, -0.05) is 24.8 Å². The number of hydrogen-bond acceptors (Lipinski definition) is 2. The summed E-state index contributed by atoms with van der Waals surface area (Å²) in [5, 5.41) is 0.841. The van der Waals surface area contributed by atoms with Gasteiger partial charge in [0.1, 0.15) is 19.5 Å². The normalized spacial score (nSPS) is 10.7. The Kier molecular flexibility index (Phi) is 5.67. The molecule has 0 fully saturated rings. The third kappa shape index (κ3) is 3.75. The second kappa shape index (κ2) is 7.03. The summed E-state index contributed by atoms with van der Waals surface area (Å²) >= 11 is 0. The van der Waals surface area contributed by atoms with E-state index in [9.17, 15) is 4.57 Å². The molecule has 0 spiro atoms. The maximum Gasteiger partial charge on any atom is 0.122 e. The Labute approximate surface area is 109 Å². The Hall–Kier alpha value is -1.53. The predicted octanol–water partition coefficient (Wildman–Crippen LogP) is 3.61. The van der Waals surface area contributed by atoms with Crippen LogP contribution >= 0.6 is 7.14 Å². The highest BCUT2D eigenvalue weighted by atomic mass is 31.2. The van der Waals surface area contributed by atoms with Crippen LogP contribution < -0.4 is 10.0 Å². The summed E-state index contributed by atoms with van der Waals surface area (Å²) in [7, 11) is -2.43. The fourth-order valence-electron chi connectivity index (χ4n) is 1.67. The topological polar surface area (TPSA) is 26.3 Å². The van der Waals surface area contributed by atoms with Gasteiger partial charge in [0.25, 0.3) is 0 Å². The Morgan fingerprint density at radius 3 is 2.00 bits per heavy atom. The first-order valence-electron chi connectivity index (χ1n) is 5.80. The van der Waals surface area contributed by atoms with Crippen molar-refractivity contribution in [1.29, 1.82) is 0 Å². The van der Waals surface area contributed by atoms with E-state index in [-0.39, 0.29) is 0 Å². The maximum atomic E-state index is 12.7. The number of allylic oxidation sites excluding steroid dienone is 2. The van der Waals surface area contributed by atoms with E-state index in [1.807, 2.05) is 24.3 Å². The molecule has 0 aliphatic heterocycles. The van der Waals surface area contributed by atoms with Crippen LogP contribution in [0.25, 0.3) is 0 Å². The minimum Gasteiger partial charge on any atom is -0.490 e. The summed E-state index contributed by atoms with van der Waals surface area (Å²) in [6, 6.07) is 7.37. The Morgan fingerprint density at radius 2 is 1.56 bits per heavy atom. The van der Waals surface area contributed by atoms with E-state index in [0.717, 1.165) is 11.1 Å². The Balaban J connectivity index is 2.93. The van der Waals surface area contributed by atoms with Gasteiger partial charge in [0.2, 0.25) is 0 Å². The third-order valence-electron chi connectivity index (χ3n) is 2.52. The largest absolute Gasteiger partial charge is 0.490 e. The Morgan fingerprint density at radius 1 is 1.00 bits per heavy atom. The van der Waals surface area contributed by atoms with Crippen LogP contribution in [0.4, 0.5) is 0 Å². The molecule has 1 aromatic rings. The van der Waals surface area contributed by atoms with Crippen molar-refractivity contribution >= 4 is 12.4 Å².